The minimum Gasteiger partial charge on any atom is -0.493 e. The summed E-state index contributed by atoms with van der Waals surface area (Å²) in [7, 11) is 0. The standard InChI is InChI=1S/C15H24O2/c1-5-11-17-13-10-8-7-9-12(13)14(16)15(3,4)6-2/h7-10,14,16H,5-6,11H2,1-4H3. The Bertz CT molecular complexity index is 345. The Kier molecular flexibility index (Phi) is 5.01. The lowest BCUT2D eigenvalue weighted by Gasteiger charge is -2.30. The van der Waals surface area contributed by atoms with Crippen molar-refractivity contribution < 1.29 is 9.84 Å². The van der Waals surface area contributed by atoms with Crippen molar-refractivity contribution in [3.8, 4) is 5.75 Å². The van der Waals surface area contributed by atoms with Crippen molar-refractivity contribution in [2.75, 3.05) is 6.61 Å². The van der Waals surface area contributed by atoms with Crippen molar-refractivity contribution in [3.63, 3.8) is 0 Å². The largest absolute Gasteiger partial charge is 0.493 e. The zero-order valence-corrected chi connectivity index (χ0v) is 11.4. The quantitative estimate of drug-likeness (QED) is 0.810. The average Bonchev–Trinajstić information content (AvgIpc) is 2.35. The first-order chi connectivity index (χ1) is 8.03. The molecule has 0 aliphatic carbocycles. The average molecular weight is 236 g/mol. The van der Waals surface area contributed by atoms with E-state index in [-0.39, 0.29) is 5.41 Å². The van der Waals surface area contributed by atoms with E-state index in [9.17, 15) is 5.11 Å². The fourth-order valence-electron chi connectivity index (χ4n) is 1.66. The molecule has 0 spiro atoms. The summed E-state index contributed by atoms with van der Waals surface area (Å²) in [5.74, 6) is 0.809. The number of para-hydroxylation sites is 1. The molecule has 0 aliphatic rings. The van der Waals surface area contributed by atoms with Crippen molar-refractivity contribution in [2.24, 2.45) is 5.41 Å². The lowest BCUT2D eigenvalue weighted by atomic mass is 9.80. The van der Waals surface area contributed by atoms with Crippen LogP contribution in [-0.4, -0.2) is 11.7 Å². The second-order valence-corrected chi connectivity index (χ2v) is 5.13. The highest BCUT2D eigenvalue weighted by atomic mass is 16.5. The van der Waals surface area contributed by atoms with Gasteiger partial charge < -0.3 is 9.84 Å². The molecule has 0 aromatic heterocycles. The Hall–Kier alpha value is -1.02. The molecule has 0 amide bonds. The maximum absolute atomic E-state index is 10.4. The van der Waals surface area contributed by atoms with E-state index in [4.69, 9.17) is 4.74 Å². The summed E-state index contributed by atoms with van der Waals surface area (Å²) in [6.07, 6.45) is 1.42. The van der Waals surface area contributed by atoms with E-state index in [1.165, 1.54) is 0 Å². The molecule has 0 bridgehead atoms. The van der Waals surface area contributed by atoms with Gasteiger partial charge in [0, 0.05) is 5.56 Å². The Balaban J connectivity index is 2.96. The molecule has 17 heavy (non-hydrogen) atoms. The summed E-state index contributed by atoms with van der Waals surface area (Å²) < 4.78 is 5.69. The number of aliphatic hydroxyl groups is 1. The van der Waals surface area contributed by atoms with E-state index in [0.717, 1.165) is 24.2 Å². The van der Waals surface area contributed by atoms with Crippen LogP contribution in [0.5, 0.6) is 5.75 Å². The van der Waals surface area contributed by atoms with Gasteiger partial charge in [0.25, 0.3) is 0 Å². The highest BCUT2D eigenvalue weighted by Gasteiger charge is 2.29. The molecule has 1 rings (SSSR count). The molecule has 0 aliphatic heterocycles. The monoisotopic (exact) mass is 236 g/mol. The SMILES string of the molecule is CCCOc1ccccc1C(O)C(C)(C)CC. The van der Waals surface area contributed by atoms with Gasteiger partial charge in [0.15, 0.2) is 0 Å². The first kappa shape index (κ1) is 14.0. The molecule has 0 fully saturated rings. The molecule has 2 nitrogen and oxygen atoms in total. The van der Waals surface area contributed by atoms with Gasteiger partial charge in [-0.3, -0.25) is 0 Å². The summed E-state index contributed by atoms with van der Waals surface area (Å²) in [4.78, 5) is 0. The van der Waals surface area contributed by atoms with Crippen LogP contribution in [0.1, 0.15) is 52.2 Å². The minimum atomic E-state index is -0.486. The number of ether oxygens (including phenoxy) is 1. The Morgan fingerprint density at radius 1 is 1.24 bits per heavy atom. The van der Waals surface area contributed by atoms with E-state index < -0.39 is 6.10 Å². The van der Waals surface area contributed by atoms with Gasteiger partial charge in [-0.25, -0.2) is 0 Å². The number of hydrogen-bond acceptors (Lipinski definition) is 2. The molecule has 1 atom stereocenters. The van der Waals surface area contributed by atoms with Gasteiger partial charge >= 0.3 is 0 Å². The van der Waals surface area contributed by atoms with Gasteiger partial charge in [-0.05, 0) is 24.3 Å². The van der Waals surface area contributed by atoms with Crippen LogP contribution < -0.4 is 4.74 Å². The highest BCUT2D eigenvalue weighted by Crippen LogP contribution is 2.39. The molecule has 2 heteroatoms. The minimum absolute atomic E-state index is 0.133. The summed E-state index contributed by atoms with van der Waals surface area (Å²) >= 11 is 0. The first-order valence-electron chi connectivity index (χ1n) is 6.42. The van der Waals surface area contributed by atoms with Crippen LogP contribution in [0.25, 0.3) is 0 Å². The lowest BCUT2D eigenvalue weighted by molar-refractivity contribution is 0.0440. The van der Waals surface area contributed by atoms with Crippen molar-refractivity contribution in [1.82, 2.24) is 0 Å². The Labute approximate surface area is 105 Å². The molecule has 96 valence electrons. The molecule has 1 unspecified atom stereocenters. The Morgan fingerprint density at radius 3 is 2.47 bits per heavy atom. The highest BCUT2D eigenvalue weighted by molar-refractivity contribution is 5.36. The number of aliphatic hydroxyl groups excluding tert-OH is 1. The number of hydrogen-bond donors (Lipinski definition) is 1. The van der Waals surface area contributed by atoms with Gasteiger partial charge in [0.05, 0.1) is 12.7 Å². The molecule has 0 saturated heterocycles. The lowest BCUT2D eigenvalue weighted by Crippen LogP contribution is -2.21. The predicted octanol–water partition coefficient (Wildman–Crippen LogP) is 3.95. The molecule has 1 N–H and O–H groups in total. The van der Waals surface area contributed by atoms with E-state index in [2.05, 4.69) is 27.7 Å². The summed E-state index contributed by atoms with van der Waals surface area (Å²) in [6.45, 7) is 9.02. The van der Waals surface area contributed by atoms with Crippen LogP contribution in [0.4, 0.5) is 0 Å². The van der Waals surface area contributed by atoms with Gasteiger partial charge in [-0.15, -0.1) is 0 Å². The predicted molar refractivity (Wildman–Crippen MR) is 71.3 cm³/mol. The van der Waals surface area contributed by atoms with Gasteiger partial charge in [0.2, 0.25) is 0 Å². The van der Waals surface area contributed by atoms with E-state index >= 15 is 0 Å². The fraction of sp³-hybridized carbons (Fsp3) is 0.600. The maximum Gasteiger partial charge on any atom is 0.125 e. The van der Waals surface area contributed by atoms with Crippen molar-refractivity contribution >= 4 is 0 Å². The molecule has 0 heterocycles. The topological polar surface area (TPSA) is 29.5 Å². The second-order valence-electron chi connectivity index (χ2n) is 5.13. The van der Waals surface area contributed by atoms with Crippen LogP contribution in [0.2, 0.25) is 0 Å². The third-order valence-corrected chi connectivity index (χ3v) is 3.33. The normalized spacial score (nSPS) is 13.5. The number of benzene rings is 1. The van der Waals surface area contributed by atoms with Crippen molar-refractivity contribution in [1.29, 1.82) is 0 Å². The van der Waals surface area contributed by atoms with Crippen molar-refractivity contribution in [3.05, 3.63) is 29.8 Å². The summed E-state index contributed by atoms with van der Waals surface area (Å²) in [5, 5.41) is 10.4. The van der Waals surface area contributed by atoms with Crippen LogP contribution in [0.3, 0.4) is 0 Å². The third kappa shape index (κ3) is 3.47. The molecular formula is C15H24O2. The zero-order valence-electron chi connectivity index (χ0n) is 11.4. The molecule has 1 aromatic carbocycles. The van der Waals surface area contributed by atoms with E-state index in [0.29, 0.717) is 6.61 Å². The van der Waals surface area contributed by atoms with Gasteiger partial charge in [-0.2, -0.15) is 0 Å². The Morgan fingerprint density at radius 2 is 1.88 bits per heavy atom. The van der Waals surface area contributed by atoms with Crippen LogP contribution in [0.15, 0.2) is 24.3 Å². The smallest absolute Gasteiger partial charge is 0.125 e. The molecule has 0 radical (unpaired) electrons. The summed E-state index contributed by atoms with van der Waals surface area (Å²) in [5.41, 5.74) is 0.763. The van der Waals surface area contributed by atoms with E-state index in [1.54, 1.807) is 0 Å². The van der Waals surface area contributed by atoms with Gasteiger partial charge in [0.1, 0.15) is 5.75 Å². The molecular weight excluding hydrogens is 212 g/mol. The van der Waals surface area contributed by atoms with Crippen LogP contribution in [-0.2, 0) is 0 Å². The first-order valence-corrected chi connectivity index (χ1v) is 6.42. The summed E-state index contributed by atoms with van der Waals surface area (Å²) in [6, 6.07) is 7.77. The van der Waals surface area contributed by atoms with E-state index in [1.807, 2.05) is 24.3 Å². The third-order valence-electron chi connectivity index (χ3n) is 3.33. The van der Waals surface area contributed by atoms with Gasteiger partial charge in [-0.1, -0.05) is 45.9 Å². The molecule has 1 aromatic rings. The van der Waals surface area contributed by atoms with Crippen molar-refractivity contribution in [2.45, 2.75) is 46.6 Å². The maximum atomic E-state index is 10.4. The second kappa shape index (κ2) is 6.06. The zero-order chi connectivity index (χ0) is 12.9. The molecule has 0 saturated carbocycles. The number of rotatable bonds is 6. The van der Waals surface area contributed by atoms with Crippen LogP contribution in [0, 0.1) is 5.41 Å². The van der Waals surface area contributed by atoms with Crippen LogP contribution >= 0.6 is 0 Å². The fourth-order valence-corrected chi connectivity index (χ4v) is 1.66.